The minimum absolute atomic E-state index is 0.00149. The predicted octanol–water partition coefficient (Wildman–Crippen LogP) is 2.04. The van der Waals surface area contributed by atoms with E-state index in [1.165, 1.54) is 6.07 Å². The van der Waals surface area contributed by atoms with Gasteiger partial charge in [-0.15, -0.1) is 0 Å². The monoisotopic (exact) mass is 280 g/mol. The molecule has 1 aromatic heterocycles. The fourth-order valence-electron chi connectivity index (χ4n) is 2.57. The number of ether oxygens (including phenoxy) is 1. The van der Waals surface area contributed by atoms with Crippen LogP contribution in [0.15, 0.2) is 12.1 Å². The highest BCUT2D eigenvalue weighted by atomic mass is 16.6. The molecule has 0 aromatic carbocycles. The van der Waals surface area contributed by atoms with Crippen molar-refractivity contribution in [2.45, 2.75) is 32.5 Å². The normalized spacial score (nSPS) is 21.6. The molecule has 1 fully saturated rings. The number of pyridine rings is 1. The van der Waals surface area contributed by atoms with Gasteiger partial charge in [0.25, 0.3) is 0 Å². The second-order valence-corrected chi connectivity index (χ2v) is 5.62. The van der Waals surface area contributed by atoms with Crippen LogP contribution in [0.4, 0.5) is 17.3 Å². The van der Waals surface area contributed by atoms with Gasteiger partial charge in [0.2, 0.25) is 5.82 Å². The first-order valence-corrected chi connectivity index (χ1v) is 6.58. The highest BCUT2D eigenvalue weighted by molar-refractivity contribution is 5.62. The quantitative estimate of drug-likeness (QED) is 0.674. The number of nitrogens with zero attached hydrogens (tertiary/aromatic N) is 3. The lowest BCUT2D eigenvalue weighted by Crippen LogP contribution is -2.52. The number of nitrogens with one attached hydrogen (secondary N) is 1. The summed E-state index contributed by atoms with van der Waals surface area (Å²) in [4.78, 5) is 17.1. The second kappa shape index (κ2) is 5.24. The lowest BCUT2D eigenvalue weighted by Gasteiger charge is -2.42. The molecule has 2 heterocycles. The third-order valence-electron chi connectivity index (χ3n) is 3.18. The van der Waals surface area contributed by atoms with Gasteiger partial charge in [-0.2, -0.15) is 0 Å². The van der Waals surface area contributed by atoms with Crippen LogP contribution in [0.1, 0.15) is 20.8 Å². The molecular weight excluding hydrogens is 260 g/mol. The Labute approximate surface area is 118 Å². The maximum atomic E-state index is 11.2. The Kier molecular flexibility index (Phi) is 3.80. The summed E-state index contributed by atoms with van der Waals surface area (Å²) in [7, 11) is 1.74. The van der Waals surface area contributed by atoms with Crippen LogP contribution < -0.4 is 10.2 Å². The Bertz CT molecular complexity index is 518. The molecule has 0 aliphatic carbocycles. The maximum Gasteiger partial charge on any atom is 0.311 e. The first-order valence-electron chi connectivity index (χ1n) is 6.58. The summed E-state index contributed by atoms with van der Waals surface area (Å²) in [6.07, 6.45) is -0.00149. The molecule has 1 atom stereocenters. The summed E-state index contributed by atoms with van der Waals surface area (Å²) < 4.78 is 5.83. The summed E-state index contributed by atoms with van der Waals surface area (Å²) in [5.41, 5.74) is -0.336. The molecule has 1 N–H and O–H groups in total. The third-order valence-corrected chi connectivity index (χ3v) is 3.18. The largest absolute Gasteiger partial charge is 0.373 e. The van der Waals surface area contributed by atoms with E-state index in [-0.39, 0.29) is 17.4 Å². The van der Waals surface area contributed by atoms with E-state index in [4.69, 9.17) is 4.74 Å². The van der Waals surface area contributed by atoms with Gasteiger partial charge >= 0.3 is 5.69 Å². The van der Waals surface area contributed by atoms with Crippen LogP contribution in [0.25, 0.3) is 0 Å². The molecule has 0 bridgehead atoms. The van der Waals surface area contributed by atoms with Crippen molar-refractivity contribution in [3.63, 3.8) is 0 Å². The minimum atomic E-state index is -0.394. The Morgan fingerprint density at radius 1 is 1.55 bits per heavy atom. The molecule has 2 rings (SSSR count). The van der Waals surface area contributed by atoms with Gasteiger partial charge in [0.15, 0.2) is 0 Å². The van der Waals surface area contributed by atoms with Crippen LogP contribution in [0.3, 0.4) is 0 Å². The molecule has 7 heteroatoms. The molecular formula is C13H20N4O3. The van der Waals surface area contributed by atoms with Gasteiger partial charge < -0.3 is 15.0 Å². The van der Waals surface area contributed by atoms with Gasteiger partial charge in [-0.1, -0.05) is 0 Å². The minimum Gasteiger partial charge on any atom is -0.373 e. The van der Waals surface area contributed by atoms with E-state index < -0.39 is 4.92 Å². The van der Waals surface area contributed by atoms with Crippen molar-refractivity contribution < 1.29 is 9.66 Å². The standard InChI is InChI=1S/C13H20N4O3/c1-9-7-16(8-13(2,3)20-9)12-10(17(18)19)5-6-11(14-4)15-12/h5-6,9H,7-8H2,1-4H3,(H,14,15). The SMILES string of the molecule is CNc1ccc([N+](=O)[O-])c(N2CC(C)OC(C)(C)C2)n1. The van der Waals surface area contributed by atoms with E-state index in [0.29, 0.717) is 24.7 Å². The van der Waals surface area contributed by atoms with Gasteiger partial charge in [-0.25, -0.2) is 4.98 Å². The average Bonchev–Trinajstić information content (AvgIpc) is 2.35. The Hall–Kier alpha value is -1.89. The molecule has 1 unspecified atom stereocenters. The number of hydrogen-bond donors (Lipinski definition) is 1. The molecule has 1 aliphatic rings. The van der Waals surface area contributed by atoms with E-state index in [1.54, 1.807) is 13.1 Å². The fraction of sp³-hybridized carbons (Fsp3) is 0.615. The third kappa shape index (κ3) is 2.98. The molecule has 0 amide bonds. The number of rotatable bonds is 3. The summed E-state index contributed by atoms with van der Waals surface area (Å²) in [6.45, 7) is 7.07. The van der Waals surface area contributed by atoms with Crippen molar-refractivity contribution in [1.82, 2.24) is 4.98 Å². The molecule has 0 spiro atoms. The Balaban J connectivity index is 2.41. The van der Waals surface area contributed by atoms with Crippen molar-refractivity contribution in [2.75, 3.05) is 30.4 Å². The van der Waals surface area contributed by atoms with Crippen LogP contribution in [0.2, 0.25) is 0 Å². The van der Waals surface area contributed by atoms with Crippen molar-refractivity contribution in [3.05, 3.63) is 22.2 Å². The van der Waals surface area contributed by atoms with Crippen molar-refractivity contribution in [3.8, 4) is 0 Å². The zero-order valence-electron chi connectivity index (χ0n) is 12.2. The van der Waals surface area contributed by atoms with E-state index in [0.717, 1.165) is 0 Å². The molecule has 1 aromatic rings. The van der Waals surface area contributed by atoms with Crippen molar-refractivity contribution in [2.24, 2.45) is 0 Å². The van der Waals surface area contributed by atoms with Crippen LogP contribution >= 0.6 is 0 Å². The lowest BCUT2D eigenvalue weighted by molar-refractivity contribution is -0.384. The maximum absolute atomic E-state index is 11.2. The first-order chi connectivity index (χ1) is 9.32. The van der Waals surface area contributed by atoms with Crippen LogP contribution in [-0.4, -0.2) is 41.7 Å². The number of nitro groups is 1. The van der Waals surface area contributed by atoms with E-state index in [2.05, 4.69) is 10.3 Å². The summed E-state index contributed by atoms with van der Waals surface area (Å²) in [6, 6.07) is 3.10. The fourth-order valence-corrected chi connectivity index (χ4v) is 2.57. The van der Waals surface area contributed by atoms with Crippen LogP contribution in [0, 0.1) is 10.1 Å². The number of aromatic nitrogens is 1. The summed E-state index contributed by atoms with van der Waals surface area (Å²) in [5.74, 6) is 1.01. The molecule has 7 nitrogen and oxygen atoms in total. The van der Waals surface area contributed by atoms with Gasteiger partial charge in [0.1, 0.15) is 5.82 Å². The predicted molar refractivity (Wildman–Crippen MR) is 77.3 cm³/mol. The number of hydrogen-bond acceptors (Lipinski definition) is 6. The highest BCUT2D eigenvalue weighted by Crippen LogP contribution is 2.32. The zero-order valence-corrected chi connectivity index (χ0v) is 12.2. The molecule has 20 heavy (non-hydrogen) atoms. The lowest BCUT2D eigenvalue weighted by atomic mass is 10.1. The topological polar surface area (TPSA) is 80.5 Å². The smallest absolute Gasteiger partial charge is 0.311 e. The average molecular weight is 280 g/mol. The summed E-state index contributed by atoms with van der Waals surface area (Å²) >= 11 is 0. The van der Waals surface area contributed by atoms with E-state index >= 15 is 0 Å². The number of morpholine rings is 1. The highest BCUT2D eigenvalue weighted by Gasteiger charge is 2.34. The first kappa shape index (κ1) is 14.5. The molecule has 1 saturated heterocycles. The van der Waals surface area contributed by atoms with E-state index in [1.807, 2.05) is 25.7 Å². The van der Waals surface area contributed by atoms with Crippen molar-refractivity contribution in [1.29, 1.82) is 0 Å². The van der Waals surface area contributed by atoms with Crippen molar-refractivity contribution >= 4 is 17.3 Å². The molecule has 0 radical (unpaired) electrons. The van der Waals surface area contributed by atoms with Gasteiger partial charge in [-0.05, 0) is 26.8 Å². The molecule has 0 saturated carbocycles. The molecule has 110 valence electrons. The van der Waals surface area contributed by atoms with E-state index in [9.17, 15) is 10.1 Å². The van der Waals surface area contributed by atoms with Gasteiger partial charge in [0, 0.05) is 26.2 Å². The van der Waals surface area contributed by atoms with Gasteiger partial charge in [0.05, 0.1) is 16.6 Å². The summed E-state index contributed by atoms with van der Waals surface area (Å²) in [5, 5.41) is 14.1. The van der Waals surface area contributed by atoms with Crippen LogP contribution in [-0.2, 0) is 4.74 Å². The Morgan fingerprint density at radius 3 is 2.80 bits per heavy atom. The van der Waals surface area contributed by atoms with Gasteiger partial charge in [-0.3, -0.25) is 10.1 Å². The second-order valence-electron chi connectivity index (χ2n) is 5.62. The zero-order chi connectivity index (χ0) is 14.9. The Morgan fingerprint density at radius 2 is 2.25 bits per heavy atom. The molecule has 1 aliphatic heterocycles. The number of anilines is 2. The van der Waals surface area contributed by atoms with Crippen LogP contribution in [0.5, 0.6) is 0 Å².